The van der Waals surface area contributed by atoms with Crippen LogP contribution in [0.2, 0.25) is 0 Å². The number of anilines is 2. The monoisotopic (exact) mass is 360 g/mol. The van der Waals surface area contributed by atoms with Gasteiger partial charge in [0.05, 0.1) is 11.7 Å². The number of carbonyl (C=O) groups excluding carboxylic acids is 1. The largest absolute Gasteiger partial charge is 0.326 e. The van der Waals surface area contributed by atoms with E-state index in [1.165, 1.54) is 0 Å². The highest BCUT2D eigenvalue weighted by Crippen LogP contribution is 2.18. The standard InChI is InChI=1S/C19H24N2O3S/c1-13-6-9-17(10-7-13)21-25(23,24)12-16(4)19(22)20-18-11-14(2)5-8-15(18)3/h5-11,16,21H,12H2,1-4H3,(H,20,22). The van der Waals surface area contributed by atoms with E-state index in [1.807, 2.05) is 51.1 Å². The van der Waals surface area contributed by atoms with Crippen molar-refractivity contribution in [3.63, 3.8) is 0 Å². The molecule has 2 aromatic rings. The maximum Gasteiger partial charge on any atom is 0.233 e. The van der Waals surface area contributed by atoms with Crippen molar-refractivity contribution in [2.75, 3.05) is 15.8 Å². The summed E-state index contributed by atoms with van der Waals surface area (Å²) < 4.78 is 27.1. The van der Waals surface area contributed by atoms with Gasteiger partial charge in [0.25, 0.3) is 0 Å². The van der Waals surface area contributed by atoms with Crippen LogP contribution in [0.25, 0.3) is 0 Å². The van der Waals surface area contributed by atoms with Gasteiger partial charge in [-0.2, -0.15) is 0 Å². The van der Waals surface area contributed by atoms with Crippen molar-refractivity contribution < 1.29 is 13.2 Å². The highest BCUT2D eigenvalue weighted by atomic mass is 32.2. The third-order valence-electron chi connectivity index (χ3n) is 3.89. The van der Waals surface area contributed by atoms with Crippen LogP contribution in [-0.2, 0) is 14.8 Å². The molecule has 1 unspecified atom stereocenters. The van der Waals surface area contributed by atoms with E-state index in [0.717, 1.165) is 16.7 Å². The van der Waals surface area contributed by atoms with Crippen LogP contribution in [0.4, 0.5) is 11.4 Å². The Hall–Kier alpha value is -2.34. The molecule has 5 nitrogen and oxygen atoms in total. The average Bonchev–Trinajstić information content (AvgIpc) is 2.52. The number of benzene rings is 2. The molecule has 0 radical (unpaired) electrons. The summed E-state index contributed by atoms with van der Waals surface area (Å²) in [5.74, 6) is -1.27. The van der Waals surface area contributed by atoms with Gasteiger partial charge in [0.2, 0.25) is 15.9 Å². The van der Waals surface area contributed by atoms with E-state index in [2.05, 4.69) is 10.0 Å². The lowest BCUT2D eigenvalue weighted by Crippen LogP contribution is -2.30. The van der Waals surface area contributed by atoms with Crippen molar-refractivity contribution >= 4 is 27.3 Å². The normalized spacial score (nSPS) is 12.5. The number of carbonyl (C=O) groups is 1. The Morgan fingerprint density at radius 1 is 1.00 bits per heavy atom. The zero-order valence-corrected chi connectivity index (χ0v) is 15.8. The van der Waals surface area contributed by atoms with Gasteiger partial charge in [0.1, 0.15) is 0 Å². The number of aryl methyl sites for hydroxylation is 3. The second kappa shape index (κ2) is 7.70. The molecule has 0 saturated carbocycles. The molecule has 134 valence electrons. The molecule has 6 heteroatoms. The van der Waals surface area contributed by atoms with Crippen LogP contribution >= 0.6 is 0 Å². The molecule has 0 fully saturated rings. The summed E-state index contributed by atoms with van der Waals surface area (Å²) in [5, 5.41) is 2.81. The van der Waals surface area contributed by atoms with Gasteiger partial charge in [-0.15, -0.1) is 0 Å². The highest BCUT2D eigenvalue weighted by Gasteiger charge is 2.22. The molecule has 2 N–H and O–H groups in total. The Kier molecular flexibility index (Phi) is 5.85. The zero-order chi connectivity index (χ0) is 18.6. The molecular formula is C19H24N2O3S. The van der Waals surface area contributed by atoms with Gasteiger partial charge < -0.3 is 5.32 Å². The summed E-state index contributed by atoms with van der Waals surface area (Å²) >= 11 is 0. The van der Waals surface area contributed by atoms with Crippen LogP contribution in [0.5, 0.6) is 0 Å². The maximum atomic E-state index is 12.3. The minimum atomic E-state index is -3.61. The van der Waals surface area contributed by atoms with E-state index in [1.54, 1.807) is 19.1 Å². The molecule has 25 heavy (non-hydrogen) atoms. The van der Waals surface area contributed by atoms with Crippen LogP contribution in [0.15, 0.2) is 42.5 Å². The summed E-state index contributed by atoms with van der Waals surface area (Å²) in [6.45, 7) is 7.37. The van der Waals surface area contributed by atoms with Crippen molar-refractivity contribution in [3.8, 4) is 0 Å². The first-order valence-corrected chi connectivity index (χ1v) is 9.77. The quantitative estimate of drug-likeness (QED) is 0.826. The van der Waals surface area contributed by atoms with Gasteiger partial charge >= 0.3 is 0 Å². The van der Waals surface area contributed by atoms with Gasteiger partial charge in [-0.05, 0) is 50.1 Å². The molecule has 1 atom stereocenters. The molecule has 2 aromatic carbocycles. The lowest BCUT2D eigenvalue weighted by atomic mass is 10.1. The number of nitrogens with one attached hydrogen (secondary N) is 2. The van der Waals surface area contributed by atoms with Crippen LogP contribution in [-0.4, -0.2) is 20.1 Å². The SMILES string of the molecule is Cc1ccc(NS(=O)(=O)CC(C)C(=O)Nc2cc(C)ccc2C)cc1. The molecule has 0 saturated heterocycles. The Morgan fingerprint density at radius 3 is 2.24 bits per heavy atom. The first-order chi connectivity index (χ1) is 11.7. The van der Waals surface area contributed by atoms with E-state index in [4.69, 9.17) is 0 Å². The van der Waals surface area contributed by atoms with E-state index in [0.29, 0.717) is 11.4 Å². The van der Waals surface area contributed by atoms with Crippen molar-refractivity contribution in [1.82, 2.24) is 0 Å². The van der Waals surface area contributed by atoms with Gasteiger partial charge in [-0.25, -0.2) is 8.42 Å². The Labute approximate surface area is 149 Å². The van der Waals surface area contributed by atoms with E-state index in [9.17, 15) is 13.2 Å². The second-order valence-electron chi connectivity index (χ2n) is 6.46. The first kappa shape index (κ1) is 19.0. The summed E-state index contributed by atoms with van der Waals surface area (Å²) in [5.41, 5.74) is 4.21. The average molecular weight is 360 g/mol. The fourth-order valence-corrected chi connectivity index (χ4v) is 3.76. The topological polar surface area (TPSA) is 75.3 Å². The third-order valence-corrected chi connectivity index (χ3v) is 5.38. The summed E-state index contributed by atoms with van der Waals surface area (Å²) in [6, 6.07) is 12.8. The zero-order valence-electron chi connectivity index (χ0n) is 15.0. The highest BCUT2D eigenvalue weighted by molar-refractivity contribution is 7.92. The van der Waals surface area contributed by atoms with Gasteiger partial charge in [-0.1, -0.05) is 36.8 Å². The predicted octanol–water partition coefficient (Wildman–Crippen LogP) is 3.63. The first-order valence-electron chi connectivity index (χ1n) is 8.11. The molecule has 0 aromatic heterocycles. The maximum absolute atomic E-state index is 12.3. The predicted molar refractivity (Wildman–Crippen MR) is 102 cm³/mol. The van der Waals surface area contributed by atoms with E-state index < -0.39 is 15.9 Å². The van der Waals surface area contributed by atoms with E-state index >= 15 is 0 Å². The minimum Gasteiger partial charge on any atom is -0.326 e. The fourth-order valence-electron chi connectivity index (χ4n) is 2.37. The van der Waals surface area contributed by atoms with Crippen molar-refractivity contribution in [1.29, 1.82) is 0 Å². The molecule has 1 amide bonds. The smallest absolute Gasteiger partial charge is 0.233 e. The fraction of sp³-hybridized carbons (Fsp3) is 0.316. The van der Waals surface area contributed by atoms with Crippen molar-refractivity contribution in [3.05, 3.63) is 59.2 Å². The number of amides is 1. The molecule has 0 aliphatic carbocycles. The summed E-state index contributed by atoms with van der Waals surface area (Å²) in [4.78, 5) is 12.3. The van der Waals surface area contributed by atoms with Crippen LogP contribution < -0.4 is 10.0 Å². The number of hydrogen-bond donors (Lipinski definition) is 2. The lowest BCUT2D eigenvalue weighted by molar-refractivity contribution is -0.118. The molecular weight excluding hydrogens is 336 g/mol. The number of rotatable bonds is 6. The minimum absolute atomic E-state index is 0.280. The lowest BCUT2D eigenvalue weighted by Gasteiger charge is -2.15. The van der Waals surface area contributed by atoms with Gasteiger partial charge in [0, 0.05) is 11.4 Å². The molecule has 0 aliphatic rings. The second-order valence-corrected chi connectivity index (χ2v) is 8.23. The van der Waals surface area contributed by atoms with Crippen LogP contribution in [0.3, 0.4) is 0 Å². The van der Waals surface area contributed by atoms with Crippen molar-refractivity contribution in [2.45, 2.75) is 27.7 Å². The third kappa shape index (κ3) is 5.60. The summed E-state index contributed by atoms with van der Waals surface area (Å²) in [7, 11) is -3.61. The Morgan fingerprint density at radius 2 is 1.60 bits per heavy atom. The number of hydrogen-bond acceptors (Lipinski definition) is 3. The van der Waals surface area contributed by atoms with Crippen LogP contribution in [0.1, 0.15) is 23.6 Å². The van der Waals surface area contributed by atoms with Gasteiger partial charge in [-0.3, -0.25) is 9.52 Å². The molecule has 0 bridgehead atoms. The molecule has 0 spiro atoms. The van der Waals surface area contributed by atoms with Crippen molar-refractivity contribution in [2.24, 2.45) is 5.92 Å². The summed E-state index contributed by atoms with van der Waals surface area (Å²) in [6.07, 6.45) is 0. The van der Waals surface area contributed by atoms with E-state index in [-0.39, 0.29) is 11.7 Å². The molecule has 0 aliphatic heterocycles. The molecule has 0 heterocycles. The van der Waals surface area contributed by atoms with Gasteiger partial charge in [0.15, 0.2) is 0 Å². The molecule has 2 rings (SSSR count). The Balaban J connectivity index is 2.01. The van der Waals surface area contributed by atoms with Crippen LogP contribution in [0, 0.1) is 26.7 Å². The number of sulfonamides is 1. The Bertz CT molecular complexity index is 859.